The minimum Gasteiger partial charge on any atom is -0.843 e. The molecule has 0 aliphatic carbocycles. The Hall–Kier alpha value is -1.94. The van der Waals surface area contributed by atoms with Gasteiger partial charge < -0.3 is 5.11 Å². The summed E-state index contributed by atoms with van der Waals surface area (Å²) < 4.78 is 1.95. The van der Waals surface area contributed by atoms with Crippen molar-refractivity contribution in [3.63, 3.8) is 0 Å². The molecule has 0 fully saturated rings. The lowest BCUT2D eigenvalue weighted by Crippen LogP contribution is -2.20. The van der Waals surface area contributed by atoms with Gasteiger partial charge in [-0.3, -0.25) is 0 Å². The molecule has 1 aromatic carbocycles. The molecule has 84 valence electrons. The van der Waals surface area contributed by atoms with Crippen molar-refractivity contribution in [3.8, 4) is 0 Å². The Morgan fingerprint density at radius 2 is 2.12 bits per heavy atom. The topological polar surface area (TPSA) is 39.5 Å². The van der Waals surface area contributed by atoms with Crippen LogP contribution in [0.1, 0.15) is 6.92 Å². The first-order valence-corrected chi connectivity index (χ1v) is 6.16. The highest BCUT2D eigenvalue weighted by molar-refractivity contribution is 7.16. The van der Waals surface area contributed by atoms with Crippen molar-refractivity contribution in [2.45, 2.75) is 6.92 Å². The third-order valence-electron chi connectivity index (χ3n) is 2.61. The lowest BCUT2D eigenvalue weighted by atomic mass is 10.2. The fourth-order valence-corrected chi connectivity index (χ4v) is 2.86. The molecule has 17 heavy (non-hydrogen) atoms. The summed E-state index contributed by atoms with van der Waals surface area (Å²) in [6.45, 7) is 1.46. The summed E-state index contributed by atoms with van der Waals surface area (Å²) in [4.78, 5) is 5.10. The molecule has 0 radical (unpaired) electrons. The first kappa shape index (κ1) is 10.2. The summed E-state index contributed by atoms with van der Waals surface area (Å²) in [5, 5.41) is 15.3. The van der Waals surface area contributed by atoms with Crippen LogP contribution in [-0.2, 0) is 0 Å². The Kier molecular flexibility index (Phi) is 2.30. The SMILES string of the molecule is C/C([O-])=N/c1csc2c3ccccc3cc[n+]12. The van der Waals surface area contributed by atoms with E-state index in [9.17, 15) is 5.11 Å². The van der Waals surface area contributed by atoms with E-state index in [0.717, 1.165) is 4.83 Å². The maximum Gasteiger partial charge on any atom is 0.337 e. The summed E-state index contributed by atoms with van der Waals surface area (Å²) in [5.41, 5.74) is 0. The lowest BCUT2D eigenvalue weighted by Gasteiger charge is -1.97. The van der Waals surface area contributed by atoms with Crippen molar-refractivity contribution < 1.29 is 9.51 Å². The van der Waals surface area contributed by atoms with E-state index in [1.807, 2.05) is 34.2 Å². The molecule has 0 amide bonds. The van der Waals surface area contributed by atoms with Crippen molar-refractivity contribution in [1.29, 1.82) is 0 Å². The average molecular weight is 242 g/mol. The van der Waals surface area contributed by atoms with Crippen LogP contribution in [0.4, 0.5) is 5.82 Å². The maximum absolute atomic E-state index is 11.0. The van der Waals surface area contributed by atoms with Gasteiger partial charge in [-0.05, 0) is 24.4 Å². The molecule has 0 aliphatic rings. The van der Waals surface area contributed by atoms with Crippen molar-refractivity contribution in [2.24, 2.45) is 4.99 Å². The van der Waals surface area contributed by atoms with E-state index < -0.39 is 0 Å². The first-order valence-electron chi connectivity index (χ1n) is 5.28. The van der Waals surface area contributed by atoms with Gasteiger partial charge in [0.05, 0.1) is 17.5 Å². The minimum atomic E-state index is -0.176. The highest BCUT2D eigenvalue weighted by Gasteiger charge is 2.12. The normalized spacial score (nSPS) is 12.4. The van der Waals surface area contributed by atoms with Crippen molar-refractivity contribution in [1.82, 2.24) is 0 Å². The quantitative estimate of drug-likeness (QED) is 0.366. The van der Waals surface area contributed by atoms with Crippen LogP contribution in [-0.4, -0.2) is 5.90 Å². The van der Waals surface area contributed by atoms with E-state index in [-0.39, 0.29) is 5.90 Å². The van der Waals surface area contributed by atoms with Gasteiger partial charge in [0.15, 0.2) is 4.83 Å². The van der Waals surface area contributed by atoms with Crippen LogP contribution < -0.4 is 9.51 Å². The van der Waals surface area contributed by atoms with Crippen LogP contribution in [0.15, 0.2) is 46.9 Å². The van der Waals surface area contributed by atoms with Crippen LogP contribution in [0.25, 0.3) is 15.6 Å². The van der Waals surface area contributed by atoms with Crippen molar-refractivity contribution >= 4 is 38.7 Å². The van der Waals surface area contributed by atoms with Gasteiger partial charge in [0.25, 0.3) is 0 Å². The molecule has 2 heterocycles. The zero-order valence-electron chi connectivity index (χ0n) is 9.25. The number of fused-ring (bicyclic) bond motifs is 3. The molecule has 4 heteroatoms. The fourth-order valence-electron chi connectivity index (χ4n) is 1.90. The summed E-state index contributed by atoms with van der Waals surface area (Å²) in [6.07, 6.45) is 1.95. The summed E-state index contributed by atoms with van der Waals surface area (Å²) in [7, 11) is 0. The standard InChI is InChI=1S/C13H10N2OS/c1-9(16)14-12-8-17-13-11-5-3-2-4-10(11)6-7-15(12)13/h2-8H,1H3. The van der Waals surface area contributed by atoms with Gasteiger partial charge >= 0.3 is 5.82 Å². The zero-order chi connectivity index (χ0) is 11.8. The number of aliphatic imine (C=N–C) groups is 1. The molecular formula is C13H10N2OS. The minimum absolute atomic E-state index is 0.176. The number of benzene rings is 1. The number of aromatic nitrogens is 1. The van der Waals surface area contributed by atoms with Gasteiger partial charge in [0.2, 0.25) is 0 Å². The highest BCUT2D eigenvalue weighted by atomic mass is 32.1. The lowest BCUT2D eigenvalue weighted by molar-refractivity contribution is -0.492. The predicted octanol–water partition coefficient (Wildman–Crippen LogP) is 2.05. The number of thiazole rings is 1. The third-order valence-corrected chi connectivity index (χ3v) is 3.58. The molecule has 0 unspecified atom stereocenters. The van der Waals surface area contributed by atoms with Crippen molar-refractivity contribution in [2.75, 3.05) is 0 Å². The van der Waals surface area contributed by atoms with Gasteiger partial charge in [0, 0.05) is 5.39 Å². The van der Waals surface area contributed by atoms with E-state index in [0.29, 0.717) is 5.82 Å². The molecule has 2 aromatic heterocycles. The molecule has 0 saturated heterocycles. The number of nitrogens with zero attached hydrogens (tertiary/aromatic N) is 2. The largest absolute Gasteiger partial charge is 0.843 e. The summed E-state index contributed by atoms with van der Waals surface area (Å²) >= 11 is 1.60. The van der Waals surface area contributed by atoms with Gasteiger partial charge in [-0.15, -0.1) is 0 Å². The van der Waals surface area contributed by atoms with Crippen LogP contribution in [0.2, 0.25) is 0 Å². The molecule has 0 bridgehead atoms. The fraction of sp³-hybridized carbons (Fsp3) is 0.0769. The number of pyridine rings is 1. The predicted molar refractivity (Wildman–Crippen MR) is 67.8 cm³/mol. The monoisotopic (exact) mass is 242 g/mol. The molecule has 0 aliphatic heterocycles. The molecule has 0 saturated carbocycles. The van der Waals surface area contributed by atoms with Crippen LogP contribution in [0, 0.1) is 0 Å². The van der Waals surface area contributed by atoms with E-state index in [4.69, 9.17) is 0 Å². The second kappa shape index (κ2) is 3.82. The van der Waals surface area contributed by atoms with Gasteiger partial charge in [-0.2, -0.15) is 4.40 Å². The van der Waals surface area contributed by atoms with E-state index >= 15 is 0 Å². The second-order valence-corrected chi connectivity index (χ2v) is 4.66. The Morgan fingerprint density at radius 3 is 2.94 bits per heavy atom. The smallest absolute Gasteiger partial charge is 0.337 e. The summed E-state index contributed by atoms with van der Waals surface area (Å²) in [6, 6.07) is 10.2. The average Bonchev–Trinajstić information content (AvgIpc) is 2.72. The van der Waals surface area contributed by atoms with Crippen LogP contribution in [0.5, 0.6) is 0 Å². The highest BCUT2D eigenvalue weighted by Crippen LogP contribution is 2.24. The number of hydrogen-bond donors (Lipinski definition) is 0. The van der Waals surface area contributed by atoms with Gasteiger partial charge in [-0.1, -0.05) is 34.5 Å². The van der Waals surface area contributed by atoms with Crippen LogP contribution in [0.3, 0.4) is 0 Å². The number of hydrogen-bond acceptors (Lipinski definition) is 3. The molecule has 0 N–H and O–H groups in total. The van der Waals surface area contributed by atoms with Crippen LogP contribution >= 0.6 is 11.3 Å². The first-order chi connectivity index (χ1) is 8.25. The molecule has 3 aromatic rings. The molecule has 0 spiro atoms. The van der Waals surface area contributed by atoms with E-state index in [1.54, 1.807) is 11.3 Å². The second-order valence-electron chi connectivity index (χ2n) is 3.80. The van der Waals surface area contributed by atoms with Gasteiger partial charge in [-0.25, -0.2) is 0 Å². The van der Waals surface area contributed by atoms with E-state index in [2.05, 4.69) is 17.1 Å². The molecule has 3 rings (SSSR count). The Balaban J connectivity index is 2.39. The number of rotatable bonds is 1. The van der Waals surface area contributed by atoms with Gasteiger partial charge in [0.1, 0.15) is 0 Å². The Morgan fingerprint density at radius 1 is 1.29 bits per heavy atom. The molecule has 0 atom stereocenters. The Bertz CT molecular complexity index is 726. The molecular weight excluding hydrogens is 232 g/mol. The molecule has 3 nitrogen and oxygen atoms in total. The third kappa shape index (κ3) is 1.66. The van der Waals surface area contributed by atoms with Crippen molar-refractivity contribution in [3.05, 3.63) is 41.9 Å². The Labute approximate surface area is 102 Å². The summed E-state index contributed by atoms with van der Waals surface area (Å²) in [5.74, 6) is 0.522. The maximum atomic E-state index is 11.0. The zero-order valence-corrected chi connectivity index (χ0v) is 10.1. The van der Waals surface area contributed by atoms with E-state index in [1.165, 1.54) is 17.7 Å².